The number of halogens is 1. The van der Waals surface area contributed by atoms with Gasteiger partial charge in [-0.1, -0.05) is 26.0 Å². The van der Waals surface area contributed by atoms with Gasteiger partial charge >= 0.3 is 0 Å². The van der Waals surface area contributed by atoms with Crippen molar-refractivity contribution in [3.63, 3.8) is 0 Å². The molecule has 1 aliphatic rings. The molecule has 0 spiro atoms. The number of piperazine rings is 1. The molecule has 1 heterocycles. The Balaban J connectivity index is 1.90. The molecule has 0 aliphatic carbocycles. The van der Waals surface area contributed by atoms with Gasteiger partial charge in [0.2, 0.25) is 0 Å². The van der Waals surface area contributed by atoms with E-state index in [0.717, 1.165) is 45.2 Å². The Morgan fingerprint density at radius 1 is 1.14 bits per heavy atom. The molecule has 0 amide bonds. The second-order valence-electron chi connectivity index (χ2n) is 8.11. The van der Waals surface area contributed by atoms with Gasteiger partial charge in [-0.05, 0) is 38.9 Å². The van der Waals surface area contributed by atoms with Crippen LogP contribution in [-0.4, -0.2) is 80.8 Å². The first-order chi connectivity index (χ1) is 13.9. The molecule has 1 aromatic carbocycles. The molecule has 2 rings (SSSR count). The summed E-state index contributed by atoms with van der Waals surface area (Å²) in [6.45, 7) is 15.0. The third kappa shape index (κ3) is 7.82. The fourth-order valence-electron chi connectivity index (χ4n) is 3.47. The van der Waals surface area contributed by atoms with Crippen molar-refractivity contribution >= 4 is 5.96 Å². The lowest BCUT2D eigenvalue weighted by Crippen LogP contribution is -2.52. The van der Waals surface area contributed by atoms with E-state index >= 15 is 0 Å². The number of para-hydroxylation sites is 1. The Bertz CT molecular complexity index is 631. The first-order valence-electron chi connectivity index (χ1n) is 10.8. The number of likely N-dealkylation sites (N-methyl/N-ethyl adjacent to an activating group) is 1. The standard InChI is InChI=1S/C22H38FN5O/c1-6-24-22(25-15-18(4)29-21-10-8-7-9-19(21)23)26-16-20(17(2)3)28-13-11-27(5)12-14-28/h7-10,17-18,20H,6,11-16H2,1-5H3,(H2,24,25,26). The van der Waals surface area contributed by atoms with Gasteiger partial charge in [-0.3, -0.25) is 9.89 Å². The Kier molecular flexibility index (Phi) is 9.67. The van der Waals surface area contributed by atoms with E-state index in [1.54, 1.807) is 18.2 Å². The largest absolute Gasteiger partial charge is 0.486 e. The third-order valence-corrected chi connectivity index (χ3v) is 5.28. The Morgan fingerprint density at radius 2 is 1.83 bits per heavy atom. The van der Waals surface area contributed by atoms with E-state index in [2.05, 4.69) is 48.3 Å². The number of hydrogen-bond donors (Lipinski definition) is 2. The minimum absolute atomic E-state index is 0.186. The molecule has 1 aromatic rings. The zero-order valence-corrected chi connectivity index (χ0v) is 18.6. The minimum Gasteiger partial charge on any atom is -0.486 e. The van der Waals surface area contributed by atoms with Crippen molar-refractivity contribution < 1.29 is 9.13 Å². The molecule has 6 nitrogen and oxygen atoms in total. The predicted molar refractivity (Wildman–Crippen MR) is 118 cm³/mol. The molecular weight excluding hydrogens is 369 g/mol. The summed E-state index contributed by atoms with van der Waals surface area (Å²) >= 11 is 0. The number of guanidine groups is 1. The van der Waals surface area contributed by atoms with Crippen molar-refractivity contribution in [1.82, 2.24) is 20.4 Å². The number of nitrogens with zero attached hydrogens (tertiary/aromatic N) is 3. The highest BCUT2D eigenvalue weighted by Gasteiger charge is 2.24. The summed E-state index contributed by atoms with van der Waals surface area (Å²) in [6.07, 6.45) is -0.186. The van der Waals surface area contributed by atoms with Gasteiger partial charge in [0, 0.05) is 38.8 Å². The van der Waals surface area contributed by atoms with Crippen molar-refractivity contribution in [2.24, 2.45) is 10.9 Å². The molecule has 7 heteroatoms. The Morgan fingerprint density at radius 3 is 2.45 bits per heavy atom. The van der Waals surface area contributed by atoms with Gasteiger partial charge in [-0.25, -0.2) is 4.39 Å². The van der Waals surface area contributed by atoms with Crippen molar-refractivity contribution in [2.45, 2.75) is 39.8 Å². The number of aliphatic imine (C=N–C) groups is 1. The van der Waals surface area contributed by atoms with E-state index in [1.807, 2.05) is 6.92 Å². The van der Waals surface area contributed by atoms with Gasteiger partial charge in [-0.2, -0.15) is 0 Å². The van der Waals surface area contributed by atoms with Crippen LogP contribution in [0.3, 0.4) is 0 Å². The quantitative estimate of drug-likeness (QED) is 0.486. The van der Waals surface area contributed by atoms with E-state index in [1.165, 1.54) is 6.07 Å². The van der Waals surface area contributed by atoms with E-state index in [0.29, 0.717) is 18.5 Å². The van der Waals surface area contributed by atoms with Crippen LogP contribution in [0.15, 0.2) is 29.3 Å². The zero-order valence-electron chi connectivity index (χ0n) is 18.6. The molecular formula is C22H38FN5O. The summed E-state index contributed by atoms with van der Waals surface area (Å²) in [4.78, 5) is 9.77. The first-order valence-corrected chi connectivity index (χ1v) is 10.8. The van der Waals surface area contributed by atoms with Crippen molar-refractivity contribution in [1.29, 1.82) is 0 Å². The van der Waals surface area contributed by atoms with Crippen LogP contribution < -0.4 is 15.4 Å². The number of rotatable bonds is 9. The summed E-state index contributed by atoms with van der Waals surface area (Å²) in [6, 6.07) is 6.91. The van der Waals surface area contributed by atoms with Gasteiger partial charge < -0.3 is 20.3 Å². The van der Waals surface area contributed by atoms with E-state index in [4.69, 9.17) is 9.73 Å². The maximum absolute atomic E-state index is 13.8. The van der Waals surface area contributed by atoms with E-state index in [9.17, 15) is 4.39 Å². The topological polar surface area (TPSA) is 52.1 Å². The van der Waals surface area contributed by atoms with Crippen LogP contribution in [0.2, 0.25) is 0 Å². The summed E-state index contributed by atoms with van der Waals surface area (Å²) in [5.41, 5.74) is 0. The first kappa shape index (κ1) is 23.4. The maximum atomic E-state index is 13.8. The van der Waals surface area contributed by atoms with Crippen molar-refractivity contribution in [3.8, 4) is 5.75 Å². The molecule has 1 aliphatic heterocycles. The van der Waals surface area contributed by atoms with Gasteiger partial charge in [0.05, 0.1) is 13.1 Å². The SMILES string of the molecule is CCNC(=NCC(C(C)C)N1CCN(C)CC1)NCC(C)Oc1ccccc1F. The van der Waals surface area contributed by atoms with Gasteiger partial charge in [0.25, 0.3) is 0 Å². The molecule has 2 N–H and O–H groups in total. The second-order valence-corrected chi connectivity index (χ2v) is 8.11. The Labute approximate surface area is 175 Å². The summed E-state index contributed by atoms with van der Waals surface area (Å²) < 4.78 is 19.5. The molecule has 0 radical (unpaired) electrons. The van der Waals surface area contributed by atoms with Crippen molar-refractivity contribution in [3.05, 3.63) is 30.1 Å². The highest BCUT2D eigenvalue weighted by atomic mass is 19.1. The fourth-order valence-corrected chi connectivity index (χ4v) is 3.47. The molecule has 1 saturated heterocycles. The normalized spacial score (nSPS) is 18.5. The van der Waals surface area contributed by atoms with E-state index < -0.39 is 0 Å². The molecule has 0 bridgehead atoms. The summed E-state index contributed by atoms with van der Waals surface area (Å²) in [7, 11) is 2.18. The fraction of sp³-hybridized carbons (Fsp3) is 0.682. The lowest BCUT2D eigenvalue weighted by atomic mass is 10.0. The lowest BCUT2D eigenvalue weighted by molar-refractivity contribution is 0.0925. The predicted octanol–water partition coefficient (Wildman–Crippen LogP) is 2.42. The smallest absolute Gasteiger partial charge is 0.191 e. The number of benzene rings is 1. The van der Waals surface area contributed by atoms with Crippen LogP contribution in [0.25, 0.3) is 0 Å². The summed E-state index contributed by atoms with van der Waals surface area (Å²) in [5.74, 6) is 1.25. The van der Waals surface area contributed by atoms with Crippen LogP contribution in [0.4, 0.5) is 4.39 Å². The van der Waals surface area contributed by atoms with Crippen LogP contribution in [-0.2, 0) is 0 Å². The number of hydrogen-bond acceptors (Lipinski definition) is 4. The highest BCUT2D eigenvalue weighted by molar-refractivity contribution is 5.79. The monoisotopic (exact) mass is 407 g/mol. The number of ether oxygens (including phenoxy) is 1. The highest BCUT2D eigenvalue weighted by Crippen LogP contribution is 2.17. The van der Waals surface area contributed by atoms with E-state index in [-0.39, 0.29) is 17.7 Å². The third-order valence-electron chi connectivity index (χ3n) is 5.28. The number of nitrogens with one attached hydrogen (secondary N) is 2. The molecule has 0 aromatic heterocycles. The maximum Gasteiger partial charge on any atom is 0.191 e. The van der Waals surface area contributed by atoms with Gasteiger partial charge in [0.1, 0.15) is 6.10 Å². The second kappa shape index (κ2) is 12.0. The summed E-state index contributed by atoms with van der Waals surface area (Å²) in [5, 5.41) is 6.63. The van der Waals surface area contributed by atoms with Gasteiger partial charge in [0.15, 0.2) is 17.5 Å². The Hall–Kier alpha value is -1.86. The average Bonchev–Trinajstić information content (AvgIpc) is 2.69. The van der Waals surface area contributed by atoms with Crippen molar-refractivity contribution in [2.75, 3.05) is 52.9 Å². The molecule has 2 atom stereocenters. The van der Waals surface area contributed by atoms with Crippen LogP contribution >= 0.6 is 0 Å². The molecule has 2 unspecified atom stereocenters. The van der Waals surface area contributed by atoms with Gasteiger partial charge in [-0.15, -0.1) is 0 Å². The molecule has 164 valence electrons. The van der Waals surface area contributed by atoms with Crippen LogP contribution in [0.1, 0.15) is 27.7 Å². The zero-order chi connectivity index (χ0) is 21.2. The van der Waals surface area contributed by atoms with Crippen LogP contribution in [0.5, 0.6) is 5.75 Å². The van der Waals surface area contributed by atoms with Crippen LogP contribution in [0, 0.1) is 11.7 Å². The molecule has 1 fully saturated rings. The molecule has 29 heavy (non-hydrogen) atoms. The lowest BCUT2D eigenvalue weighted by Gasteiger charge is -2.39. The minimum atomic E-state index is -0.341. The average molecular weight is 408 g/mol. The molecule has 0 saturated carbocycles.